The molecule has 74 valence electrons. The van der Waals surface area contributed by atoms with Crippen LogP contribution >= 0.6 is 11.8 Å². The predicted octanol–water partition coefficient (Wildman–Crippen LogP) is 3.03. The molecule has 0 aliphatic carbocycles. The first-order valence-corrected chi connectivity index (χ1v) is 5.99. The summed E-state index contributed by atoms with van der Waals surface area (Å²) in [6.07, 6.45) is 2.84. The first-order valence-electron chi connectivity index (χ1n) is 5.01. The Kier molecular flexibility index (Phi) is 2.92. The second kappa shape index (κ2) is 4.18. The Balaban J connectivity index is 2.34. The molecule has 0 N–H and O–H groups in total. The van der Waals surface area contributed by atoms with Gasteiger partial charge in [0.15, 0.2) is 0 Å². The molecule has 1 heterocycles. The molecular formula is C12H14OS. The lowest BCUT2D eigenvalue weighted by Crippen LogP contribution is -1.97. The van der Waals surface area contributed by atoms with Crippen molar-refractivity contribution in [3.05, 3.63) is 29.3 Å². The Morgan fingerprint density at radius 1 is 1.57 bits per heavy atom. The van der Waals surface area contributed by atoms with Crippen LogP contribution in [-0.4, -0.2) is 12.0 Å². The van der Waals surface area contributed by atoms with Crippen LogP contribution in [0.15, 0.2) is 23.1 Å². The molecule has 1 aliphatic rings. The van der Waals surface area contributed by atoms with Crippen LogP contribution in [0, 0.1) is 0 Å². The van der Waals surface area contributed by atoms with E-state index < -0.39 is 0 Å². The highest BCUT2D eigenvalue weighted by Crippen LogP contribution is 2.38. The second-order valence-corrected chi connectivity index (χ2v) is 4.84. The Hall–Kier alpha value is -0.760. The number of aryl methyl sites for hydroxylation is 1. The largest absolute Gasteiger partial charge is 0.303 e. The number of hydrogen-bond acceptors (Lipinski definition) is 2. The molecule has 0 saturated carbocycles. The Morgan fingerprint density at radius 3 is 3.21 bits per heavy atom. The summed E-state index contributed by atoms with van der Waals surface area (Å²) in [4.78, 5) is 11.9. The number of carbonyl (C=O) groups excluding carboxylic acids is 1. The third kappa shape index (κ3) is 1.71. The van der Waals surface area contributed by atoms with Gasteiger partial charge >= 0.3 is 0 Å². The molecule has 2 rings (SSSR count). The van der Waals surface area contributed by atoms with E-state index in [2.05, 4.69) is 25.1 Å². The summed E-state index contributed by atoms with van der Waals surface area (Å²) in [7, 11) is 0. The lowest BCUT2D eigenvalue weighted by Gasteiger charge is -2.12. The van der Waals surface area contributed by atoms with Gasteiger partial charge in [-0.1, -0.05) is 25.1 Å². The van der Waals surface area contributed by atoms with Gasteiger partial charge in [0.2, 0.25) is 0 Å². The summed E-state index contributed by atoms with van der Waals surface area (Å²) in [6, 6.07) is 6.47. The maximum Gasteiger partial charge on any atom is 0.120 e. The topological polar surface area (TPSA) is 17.1 Å². The molecule has 14 heavy (non-hydrogen) atoms. The molecule has 1 aromatic carbocycles. The van der Waals surface area contributed by atoms with E-state index in [1.165, 1.54) is 28.2 Å². The molecule has 1 aliphatic heterocycles. The lowest BCUT2D eigenvalue weighted by molar-refractivity contribution is -0.108. The average Bonchev–Trinajstić information content (AvgIpc) is 2.65. The van der Waals surface area contributed by atoms with Crippen LogP contribution in [0.5, 0.6) is 0 Å². The number of carbonyl (C=O) groups is 1. The van der Waals surface area contributed by atoms with Crippen molar-refractivity contribution in [3.63, 3.8) is 0 Å². The van der Waals surface area contributed by atoms with E-state index >= 15 is 0 Å². The van der Waals surface area contributed by atoms with Crippen molar-refractivity contribution in [3.8, 4) is 0 Å². The van der Waals surface area contributed by atoms with Crippen LogP contribution < -0.4 is 0 Å². The monoisotopic (exact) mass is 206 g/mol. The Morgan fingerprint density at radius 2 is 2.43 bits per heavy atom. The van der Waals surface area contributed by atoms with Crippen molar-refractivity contribution in [1.82, 2.24) is 0 Å². The highest BCUT2D eigenvalue weighted by Gasteiger charge is 2.17. The van der Waals surface area contributed by atoms with Crippen molar-refractivity contribution >= 4 is 18.0 Å². The summed E-state index contributed by atoms with van der Waals surface area (Å²) in [5.74, 6) is 1.56. The highest BCUT2D eigenvalue weighted by molar-refractivity contribution is 7.99. The van der Waals surface area contributed by atoms with Gasteiger partial charge in [-0.3, -0.25) is 0 Å². The fraction of sp³-hybridized carbons (Fsp3) is 0.417. The molecule has 2 heteroatoms. The Labute approximate surface area is 88.9 Å². The molecule has 1 nitrogen and oxygen atoms in total. The first-order chi connectivity index (χ1) is 6.83. The third-order valence-corrected chi connectivity index (χ3v) is 3.92. The predicted molar refractivity (Wildman–Crippen MR) is 60.0 cm³/mol. The summed E-state index contributed by atoms with van der Waals surface area (Å²) in [6.45, 7) is 2.13. The molecule has 0 fully saturated rings. The van der Waals surface area contributed by atoms with E-state index in [1.807, 2.05) is 11.8 Å². The van der Waals surface area contributed by atoms with Crippen LogP contribution in [0.2, 0.25) is 0 Å². The Bertz CT molecular complexity index is 346. The summed E-state index contributed by atoms with van der Waals surface area (Å²) in [5, 5.41) is 0. The van der Waals surface area contributed by atoms with Crippen molar-refractivity contribution in [2.75, 3.05) is 5.75 Å². The van der Waals surface area contributed by atoms with Crippen molar-refractivity contribution in [1.29, 1.82) is 0 Å². The van der Waals surface area contributed by atoms with E-state index in [4.69, 9.17) is 0 Å². The van der Waals surface area contributed by atoms with Crippen LogP contribution in [0.25, 0.3) is 0 Å². The minimum Gasteiger partial charge on any atom is -0.303 e. The maximum absolute atomic E-state index is 10.5. The van der Waals surface area contributed by atoms with Gasteiger partial charge in [-0.15, -0.1) is 11.8 Å². The van der Waals surface area contributed by atoms with E-state index in [-0.39, 0.29) is 0 Å². The van der Waals surface area contributed by atoms with Crippen molar-refractivity contribution in [2.45, 2.75) is 30.6 Å². The summed E-state index contributed by atoms with van der Waals surface area (Å²) < 4.78 is 0. The number of aldehydes is 1. The van der Waals surface area contributed by atoms with E-state index in [0.29, 0.717) is 12.3 Å². The third-order valence-electron chi connectivity index (χ3n) is 2.73. The van der Waals surface area contributed by atoms with Gasteiger partial charge < -0.3 is 4.79 Å². The molecule has 0 spiro atoms. The number of rotatable bonds is 3. The van der Waals surface area contributed by atoms with Gasteiger partial charge in [-0.25, -0.2) is 0 Å². The van der Waals surface area contributed by atoms with Gasteiger partial charge in [0.05, 0.1) is 0 Å². The zero-order valence-corrected chi connectivity index (χ0v) is 9.14. The fourth-order valence-electron chi connectivity index (χ4n) is 1.90. The number of thioether (sulfide) groups is 1. The lowest BCUT2D eigenvalue weighted by atomic mass is 9.96. The molecule has 0 amide bonds. The molecule has 1 unspecified atom stereocenters. The molecule has 0 saturated heterocycles. The minimum atomic E-state index is 0.369. The zero-order valence-electron chi connectivity index (χ0n) is 8.32. The van der Waals surface area contributed by atoms with Crippen LogP contribution in [0.3, 0.4) is 0 Å². The van der Waals surface area contributed by atoms with Gasteiger partial charge in [0.25, 0.3) is 0 Å². The SMILES string of the molecule is CC(CC=O)c1cccc2c1SCC2. The minimum absolute atomic E-state index is 0.369. The zero-order chi connectivity index (χ0) is 9.97. The standard InChI is InChI=1S/C12H14OS/c1-9(5-7-13)11-4-2-3-10-6-8-14-12(10)11/h2-4,7,9H,5-6,8H2,1H3. The van der Waals surface area contributed by atoms with Crippen LogP contribution in [-0.2, 0) is 11.2 Å². The van der Waals surface area contributed by atoms with Gasteiger partial charge in [0, 0.05) is 17.1 Å². The molecule has 0 radical (unpaired) electrons. The second-order valence-electron chi connectivity index (χ2n) is 3.74. The summed E-state index contributed by atoms with van der Waals surface area (Å²) in [5.41, 5.74) is 2.82. The average molecular weight is 206 g/mol. The normalized spacial score (nSPS) is 16.4. The van der Waals surface area contributed by atoms with Crippen molar-refractivity contribution in [2.24, 2.45) is 0 Å². The van der Waals surface area contributed by atoms with E-state index in [1.54, 1.807) is 0 Å². The van der Waals surface area contributed by atoms with Gasteiger partial charge in [-0.05, 0) is 23.5 Å². The van der Waals surface area contributed by atoms with E-state index in [9.17, 15) is 4.79 Å². The molecule has 0 aromatic heterocycles. The van der Waals surface area contributed by atoms with Crippen LogP contribution in [0.4, 0.5) is 0 Å². The van der Waals surface area contributed by atoms with Gasteiger partial charge in [-0.2, -0.15) is 0 Å². The van der Waals surface area contributed by atoms with Gasteiger partial charge in [0.1, 0.15) is 6.29 Å². The molecule has 1 aromatic rings. The first kappa shape index (κ1) is 9.78. The maximum atomic E-state index is 10.5. The summed E-state index contributed by atoms with van der Waals surface area (Å²) >= 11 is 1.93. The molecular weight excluding hydrogens is 192 g/mol. The smallest absolute Gasteiger partial charge is 0.120 e. The molecule has 1 atom stereocenters. The number of fused-ring (bicyclic) bond motifs is 1. The van der Waals surface area contributed by atoms with Crippen LogP contribution in [0.1, 0.15) is 30.4 Å². The quantitative estimate of drug-likeness (QED) is 0.707. The van der Waals surface area contributed by atoms with E-state index in [0.717, 1.165) is 6.29 Å². The number of benzene rings is 1. The number of hydrogen-bond donors (Lipinski definition) is 0. The fourth-order valence-corrected chi connectivity index (χ4v) is 3.22. The highest BCUT2D eigenvalue weighted by atomic mass is 32.2. The molecule has 0 bridgehead atoms. The van der Waals surface area contributed by atoms with Crippen molar-refractivity contribution < 1.29 is 4.79 Å².